The molecule has 0 fully saturated rings. The van der Waals surface area contributed by atoms with E-state index in [2.05, 4.69) is 11.4 Å². The molecule has 90 valence electrons. The monoisotopic (exact) mass is 240 g/mol. The molecule has 0 aromatic rings. The molecule has 0 aliphatic carbocycles. The largest absolute Gasteiger partial charge is 0.453 e. The van der Waals surface area contributed by atoms with Gasteiger partial charge in [-0.15, -0.1) is 0 Å². The molecule has 0 unspecified atom stereocenters. The first-order chi connectivity index (χ1) is 7.61. The van der Waals surface area contributed by atoms with Gasteiger partial charge in [0, 0.05) is 0 Å². The third kappa shape index (κ3) is 3.15. The average molecular weight is 240 g/mol. The van der Waals surface area contributed by atoms with Crippen LogP contribution in [0.3, 0.4) is 0 Å². The van der Waals surface area contributed by atoms with Gasteiger partial charge in [-0.05, 0) is 18.1 Å². The van der Waals surface area contributed by atoms with E-state index in [9.17, 15) is 4.79 Å². The predicted molar refractivity (Wildman–Crippen MR) is 67.0 cm³/mol. The van der Waals surface area contributed by atoms with Crippen molar-refractivity contribution in [3.8, 4) is 0 Å². The Kier molecular flexibility index (Phi) is 6.61. The van der Waals surface area contributed by atoms with E-state index >= 15 is 0 Å². The molecule has 0 N–H and O–H groups in total. The van der Waals surface area contributed by atoms with E-state index in [1.54, 1.807) is 0 Å². The highest BCUT2D eigenvalue weighted by Crippen LogP contribution is 2.21. The lowest BCUT2D eigenvalue weighted by Crippen LogP contribution is -2.48. The third-order valence-electron chi connectivity index (χ3n) is 3.16. The van der Waals surface area contributed by atoms with Crippen LogP contribution >= 0.6 is 0 Å². The molecule has 0 aliphatic heterocycles. The molecular weight excluding hydrogens is 220 g/mol. The number of hydrogen-bond acceptors (Lipinski definition) is 2. The van der Waals surface area contributed by atoms with E-state index in [0.29, 0.717) is 0 Å². The van der Waals surface area contributed by atoms with Crippen LogP contribution in [0.15, 0.2) is 12.7 Å². The number of hydrogen-bond donors (Lipinski definition) is 0. The predicted octanol–water partition coefficient (Wildman–Crippen LogP) is 2.43. The Morgan fingerprint density at radius 2 is 1.88 bits per heavy atom. The van der Waals surface area contributed by atoms with Crippen molar-refractivity contribution < 1.29 is 14.3 Å². The van der Waals surface area contributed by atoms with Crippen LogP contribution in [0.5, 0.6) is 0 Å². The molecule has 0 spiro atoms. The normalized spacial score (nSPS) is 10.4. The summed E-state index contributed by atoms with van der Waals surface area (Å²) in [6.07, 6.45) is 1.50. The van der Waals surface area contributed by atoms with Crippen LogP contribution in [-0.4, -0.2) is 30.8 Å². The highest BCUT2D eigenvalue weighted by molar-refractivity contribution is 7.13. The van der Waals surface area contributed by atoms with Crippen LogP contribution in [0.2, 0.25) is 18.1 Å². The summed E-state index contributed by atoms with van der Waals surface area (Å²) in [6.45, 7) is 9.72. The SMILES string of the molecule is C=CCOC(=O)C(=[N+]=[N-])[Si](CC)(CC)CC. The van der Waals surface area contributed by atoms with E-state index < -0.39 is 14.0 Å². The minimum atomic E-state index is -1.97. The smallest absolute Gasteiger partial charge is 0.410 e. The van der Waals surface area contributed by atoms with Gasteiger partial charge in [0.15, 0.2) is 0 Å². The van der Waals surface area contributed by atoms with Crippen LogP contribution in [0.4, 0.5) is 0 Å². The highest BCUT2D eigenvalue weighted by Gasteiger charge is 2.46. The Hall–Kier alpha value is -1.19. The number of ether oxygens (including phenoxy) is 1. The average Bonchev–Trinajstić information content (AvgIpc) is 2.33. The molecule has 0 heterocycles. The molecule has 0 atom stereocenters. The minimum Gasteiger partial charge on any atom is -0.453 e. The van der Waals surface area contributed by atoms with Crippen molar-refractivity contribution in [1.82, 2.24) is 0 Å². The molecule has 0 amide bonds. The van der Waals surface area contributed by atoms with Gasteiger partial charge >= 0.3 is 11.3 Å². The van der Waals surface area contributed by atoms with Crippen molar-refractivity contribution in [3.63, 3.8) is 0 Å². The molecule has 0 radical (unpaired) electrons. The van der Waals surface area contributed by atoms with Crippen LogP contribution in [0.25, 0.3) is 5.53 Å². The van der Waals surface area contributed by atoms with Gasteiger partial charge in [0.05, 0.1) is 0 Å². The summed E-state index contributed by atoms with van der Waals surface area (Å²) < 4.78 is 4.94. The van der Waals surface area contributed by atoms with Gasteiger partial charge in [-0.25, -0.2) is 4.79 Å². The lowest BCUT2D eigenvalue weighted by Gasteiger charge is -2.20. The quantitative estimate of drug-likeness (QED) is 0.171. The van der Waals surface area contributed by atoms with Crippen molar-refractivity contribution >= 4 is 19.4 Å². The highest BCUT2D eigenvalue weighted by atomic mass is 28.3. The standard InChI is InChI=1S/C11H20N2O2Si/c1-5-9-15-11(14)10(13-12)16(6-2,7-3)8-4/h5H,1,6-9H2,2-4H3. The third-order valence-corrected chi connectivity index (χ3v) is 8.53. The molecule has 0 bridgehead atoms. The van der Waals surface area contributed by atoms with Crippen molar-refractivity contribution in [2.45, 2.75) is 38.9 Å². The first-order valence-electron chi connectivity index (χ1n) is 5.62. The number of nitrogens with zero attached hydrogens (tertiary/aromatic N) is 2. The number of esters is 1. The molecule has 0 saturated heterocycles. The maximum absolute atomic E-state index is 11.7. The second kappa shape index (κ2) is 7.14. The maximum atomic E-state index is 11.7. The summed E-state index contributed by atoms with van der Waals surface area (Å²) in [5.41, 5.74) is 9.02. The molecule has 0 aromatic carbocycles. The molecule has 16 heavy (non-hydrogen) atoms. The Labute approximate surface area is 97.9 Å². The first-order valence-corrected chi connectivity index (χ1v) is 8.24. The second-order valence-corrected chi connectivity index (χ2v) is 8.83. The van der Waals surface area contributed by atoms with Gasteiger partial charge in [0.25, 0.3) is 0 Å². The Morgan fingerprint density at radius 1 is 1.38 bits per heavy atom. The van der Waals surface area contributed by atoms with E-state index in [4.69, 9.17) is 10.3 Å². The summed E-state index contributed by atoms with van der Waals surface area (Å²) in [5.74, 6) is -0.500. The van der Waals surface area contributed by atoms with E-state index in [1.165, 1.54) is 6.08 Å². The van der Waals surface area contributed by atoms with Crippen LogP contribution in [0.1, 0.15) is 20.8 Å². The van der Waals surface area contributed by atoms with Crippen molar-refractivity contribution in [3.05, 3.63) is 18.2 Å². The number of carbonyl (C=O) groups excluding carboxylic acids is 1. The van der Waals surface area contributed by atoms with Crippen molar-refractivity contribution in [2.75, 3.05) is 6.61 Å². The lowest BCUT2D eigenvalue weighted by atomic mass is 10.6. The van der Waals surface area contributed by atoms with Crippen LogP contribution in [-0.2, 0) is 9.53 Å². The molecule has 0 aliphatic rings. The summed E-state index contributed by atoms with van der Waals surface area (Å²) in [5, 5.41) is 0.252. The van der Waals surface area contributed by atoms with Crippen LogP contribution in [0, 0.1) is 0 Å². The summed E-state index contributed by atoms with van der Waals surface area (Å²) >= 11 is 0. The van der Waals surface area contributed by atoms with Gasteiger partial charge in [0.1, 0.15) is 6.61 Å². The summed E-state index contributed by atoms with van der Waals surface area (Å²) in [7, 11) is -1.97. The molecule has 0 rings (SSSR count). The molecule has 0 saturated carbocycles. The lowest BCUT2D eigenvalue weighted by molar-refractivity contribution is -0.138. The fourth-order valence-corrected chi connectivity index (χ4v) is 5.04. The Balaban J connectivity index is 5.03. The minimum absolute atomic E-state index is 0.152. The first kappa shape index (κ1) is 14.8. The van der Waals surface area contributed by atoms with Gasteiger partial charge in [-0.1, -0.05) is 33.4 Å². The molecule has 0 aromatic heterocycles. The summed E-state index contributed by atoms with van der Waals surface area (Å²) in [6, 6.07) is 2.63. The number of carbonyl (C=O) groups is 1. The Bertz CT molecular complexity index is 297. The van der Waals surface area contributed by atoms with Crippen molar-refractivity contribution in [2.24, 2.45) is 0 Å². The fourth-order valence-electron chi connectivity index (χ4n) is 1.82. The zero-order valence-corrected chi connectivity index (χ0v) is 11.3. The molecule has 5 heteroatoms. The van der Waals surface area contributed by atoms with Gasteiger partial charge in [-0.3, -0.25) is 0 Å². The van der Waals surface area contributed by atoms with E-state index in [1.807, 2.05) is 20.8 Å². The maximum Gasteiger partial charge on any atom is 0.410 e. The Morgan fingerprint density at radius 3 is 2.19 bits per heavy atom. The van der Waals surface area contributed by atoms with Gasteiger partial charge < -0.3 is 10.3 Å². The topological polar surface area (TPSA) is 62.7 Å². The van der Waals surface area contributed by atoms with Gasteiger partial charge in [-0.2, -0.15) is 4.79 Å². The summed E-state index contributed by atoms with van der Waals surface area (Å²) in [4.78, 5) is 14.9. The van der Waals surface area contributed by atoms with Crippen molar-refractivity contribution in [1.29, 1.82) is 0 Å². The fraction of sp³-hybridized carbons (Fsp3) is 0.636. The molecule has 4 nitrogen and oxygen atoms in total. The van der Waals surface area contributed by atoms with Crippen LogP contribution < -0.4 is 0 Å². The zero-order chi connectivity index (χ0) is 12.6. The van der Waals surface area contributed by atoms with E-state index in [-0.39, 0.29) is 11.9 Å². The van der Waals surface area contributed by atoms with Gasteiger partial charge in [0.2, 0.25) is 8.07 Å². The van der Waals surface area contributed by atoms with E-state index in [0.717, 1.165) is 18.1 Å². The zero-order valence-electron chi connectivity index (χ0n) is 10.3. The molecular formula is C11H20N2O2Si. The second-order valence-electron chi connectivity index (χ2n) is 3.68. The number of rotatable bonds is 7.